The normalized spacial score (nSPS) is 18.8. The van der Waals surface area contributed by atoms with Gasteiger partial charge >= 0.3 is 21.7 Å². The zero-order valence-corrected chi connectivity index (χ0v) is 10.1. The first-order chi connectivity index (χ1) is 4.39. The zero-order valence-electron chi connectivity index (χ0n) is 8.53. The van der Waals surface area contributed by atoms with Crippen LogP contribution in [0.2, 0.25) is 0 Å². The van der Waals surface area contributed by atoms with Crippen LogP contribution in [0, 0.1) is 14.9 Å². The van der Waals surface area contributed by atoms with E-state index in [1.54, 1.807) is 0 Å². The van der Waals surface area contributed by atoms with Crippen LogP contribution < -0.4 is 0 Å². The Morgan fingerprint density at radius 2 is 1.08 bits per heavy atom. The second-order valence-electron chi connectivity index (χ2n) is 3.04. The summed E-state index contributed by atoms with van der Waals surface area (Å²) in [7, 11) is 0. The SMILES string of the molecule is [CH3-].[CH3-].[NH-]C1CCCCCCC1.[Ti+3]. The van der Waals surface area contributed by atoms with Gasteiger partial charge < -0.3 is 20.6 Å². The quantitative estimate of drug-likeness (QED) is 0.420. The van der Waals surface area contributed by atoms with Gasteiger partial charge in [-0.15, -0.1) is 6.04 Å². The van der Waals surface area contributed by atoms with Crippen molar-refractivity contribution in [3.05, 3.63) is 20.6 Å². The van der Waals surface area contributed by atoms with E-state index in [9.17, 15) is 0 Å². The van der Waals surface area contributed by atoms with E-state index in [0.717, 1.165) is 12.8 Å². The maximum Gasteiger partial charge on any atom is 3.00 e. The molecule has 0 atom stereocenters. The van der Waals surface area contributed by atoms with Gasteiger partial charge in [-0.2, -0.15) is 0 Å². The molecule has 1 aliphatic carbocycles. The Labute approximate surface area is 93.4 Å². The third kappa shape index (κ3) is 8.77. The van der Waals surface area contributed by atoms with Crippen LogP contribution in [0.4, 0.5) is 0 Å². The molecule has 0 amide bonds. The fraction of sp³-hybridized carbons (Fsp3) is 0.800. The first-order valence-electron chi connectivity index (χ1n) is 4.11. The Bertz CT molecular complexity index is 68.2. The summed E-state index contributed by atoms with van der Waals surface area (Å²) < 4.78 is 0. The smallest absolute Gasteiger partial charge is 0.675 e. The van der Waals surface area contributed by atoms with Crippen molar-refractivity contribution < 1.29 is 21.7 Å². The predicted octanol–water partition coefficient (Wildman–Crippen LogP) is 4.05. The molecule has 1 fully saturated rings. The fourth-order valence-corrected chi connectivity index (χ4v) is 1.46. The largest absolute Gasteiger partial charge is 3.00 e. The minimum absolute atomic E-state index is 0. The molecule has 1 radical (unpaired) electrons. The molecule has 0 heterocycles. The van der Waals surface area contributed by atoms with Crippen LogP contribution in [0.5, 0.6) is 0 Å². The van der Waals surface area contributed by atoms with E-state index in [4.69, 9.17) is 5.73 Å². The van der Waals surface area contributed by atoms with Crippen molar-refractivity contribution in [2.75, 3.05) is 0 Å². The topological polar surface area (TPSA) is 23.8 Å². The molecular weight excluding hydrogens is 182 g/mol. The number of rotatable bonds is 0. The number of nitrogens with one attached hydrogen (secondary N) is 1. The third-order valence-corrected chi connectivity index (χ3v) is 2.11. The Balaban J connectivity index is -0.000000270. The van der Waals surface area contributed by atoms with Gasteiger partial charge in [0.05, 0.1) is 0 Å². The van der Waals surface area contributed by atoms with Gasteiger partial charge in [-0.05, 0) is 0 Å². The molecule has 1 rings (SSSR count). The average Bonchev–Trinajstić information content (AvgIpc) is 1.79. The van der Waals surface area contributed by atoms with E-state index in [0.29, 0.717) is 0 Å². The third-order valence-electron chi connectivity index (χ3n) is 2.11. The van der Waals surface area contributed by atoms with E-state index in [-0.39, 0.29) is 42.6 Å². The summed E-state index contributed by atoms with van der Waals surface area (Å²) in [5, 5.41) is 0. The van der Waals surface area contributed by atoms with Crippen LogP contribution in [0.3, 0.4) is 0 Å². The molecule has 2 heteroatoms. The average molecular weight is 204 g/mol. The Morgan fingerprint density at radius 3 is 1.50 bits per heavy atom. The summed E-state index contributed by atoms with van der Waals surface area (Å²) in [6.07, 6.45) is 9.06. The van der Waals surface area contributed by atoms with Crippen molar-refractivity contribution >= 4 is 0 Å². The first-order valence-corrected chi connectivity index (χ1v) is 4.11. The Morgan fingerprint density at radius 1 is 0.750 bits per heavy atom. The van der Waals surface area contributed by atoms with Gasteiger partial charge in [-0.1, -0.05) is 44.9 Å². The molecular formula is C10H22NTi. The monoisotopic (exact) mass is 204 g/mol. The standard InChI is InChI=1S/C8H16N.2CH3.Ti/c9-8-6-4-2-1-3-5-7-8;;;/h8-9H,1-7H2;2*1H3;/q3*-1;+3. The molecule has 0 unspecified atom stereocenters. The summed E-state index contributed by atoms with van der Waals surface area (Å²) in [6, 6.07) is 0.269. The van der Waals surface area contributed by atoms with E-state index >= 15 is 0 Å². The molecule has 71 valence electrons. The van der Waals surface area contributed by atoms with Crippen LogP contribution in [0.25, 0.3) is 5.73 Å². The van der Waals surface area contributed by atoms with Gasteiger partial charge in [-0.25, -0.2) is 0 Å². The van der Waals surface area contributed by atoms with Crippen LogP contribution in [-0.2, 0) is 21.7 Å². The predicted molar refractivity (Wildman–Crippen MR) is 53.3 cm³/mol. The van der Waals surface area contributed by atoms with Gasteiger partial charge in [0.2, 0.25) is 0 Å². The van der Waals surface area contributed by atoms with Crippen molar-refractivity contribution in [1.29, 1.82) is 0 Å². The van der Waals surface area contributed by atoms with Crippen molar-refractivity contribution in [3.63, 3.8) is 0 Å². The molecule has 0 aromatic rings. The van der Waals surface area contributed by atoms with Crippen LogP contribution in [0.15, 0.2) is 0 Å². The molecule has 12 heavy (non-hydrogen) atoms. The number of hydrogen-bond donors (Lipinski definition) is 0. The van der Waals surface area contributed by atoms with E-state index < -0.39 is 0 Å². The summed E-state index contributed by atoms with van der Waals surface area (Å²) in [6.45, 7) is 0. The van der Waals surface area contributed by atoms with Gasteiger partial charge in [0.25, 0.3) is 0 Å². The molecule has 1 saturated carbocycles. The first kappa shape index (κ1) is 18.5. The molecule has 0 aliphatic heterocycles. The van der Waals surface area contributed by atoms with Gasteiger partial charge in [-0.3, -0.25) is 0 Å². The van der Waals surface area contributed by atoms with Crippen LogP contribution in [0.1, 0.15) is 44.9 Å². The molecule has 1 aliphatic rings. The Kier molecular flexibility index (Phi) is 18.0. The Hall–Kier alpha value is 0.674. The second kappa shape index (κ2) is 11.7. The molecule has 1 N–H and O–H groups in total. The summed E-state index contributed by atoms with van der Waals surface area (Å²) in [5.41, 5.74) is 7.51. The molecule has 0 spiro atoms. The van der Waals surface area contributed by atoms with E-state index in [1.165, 1.54) is 32.1 Å². The van der Waals surface area contributed by atoms with E-state index in [2.05, 4.69) is 0 Å². The molecule has 0 aromatic carbocycles. The second-order valence-corrected chi connectivity index (χ2v) is 3.04. The minimum atomic E-state index is 0. The summed E-state index contributed by atoms with van der Waals surface area (Å²) in [4.78, 5) is 0. The molecule has 0 aromatic heterocycles. The van der Waals surface area contributed by atoms with Crippen molar-refractivity contribution in [3.8, 4) is 0 Å². The van der Waals surface area contributed by atoms with Gasteiger partial charge in [0, 0.05) is 0 Å². The number of hydrogen-bond acceptors (Lipinski definition) is 0. The molecule has 0 saturated heterocycles. The van der Waals surface area contributed by atoms with Crippen LogP contribution >= 0.6 is 0 Å². The van der Waals surface area contributed by atoms with Crippen LogP contribution in [-0.4, -0.2) is 6.04 Å². The van der Waals surface area contributed by atoms with Crippen molar-refractivity contribution in [2.45, 2.75) is 51.0 Å². The minimum Gasteiger partial charge on any atom is -0.675 e. The maximum atomic E-state index is 7.51. The van der Waals surface area contributed by atoms with Crippen molar-refractivity contribution in [2.24, 2.45) is 0 Å². The summed E-state index contributed by atoms with van der Waals surface area (Å²) >= 11 is 0. The van der Waals surface area contributed by atoms with Gasteiger partial charge in [0.1, 0.15) is 0 Å². The zero-order chi connectivity index (χ0) is 6.53. The fourth-order valence-electron chi connectivity index (χ4n) is 1.46. The summed E-state index contributed by atoms with van der Waals surface area (Å²) in [5.74, 6) is 0. The van der Waals surface area contributed by atoms with E-state index in [1.807, 2.05) is 0 Å². The molecule has 0 bridgehead atoms. The molecule has 1 nitrogen and oxygen atoms in total. The van der Waals surface area contributed by atoms with Gasteiger partial charge in [0.15, 0.2) is 0 Å². The van der Waals surface area contributed by atoms with Crippen molar-refractivity contribution in [1.82, 2.24) is 0 Å². The maximum absolute atomic E-state index is 7.51.